The van der Waals surface area contributed by atoms with E-state index in [1.54, 1.807) is 6.07 Å². The van der Waals surface area contributed by atoms with Crippen molar-refractivity contribution in [2.24, 2.45) is 5.73 Å². The van der Waals surface area contributed by atoms with Gasteiger partial charge in [0.05, 0.1) is 12.7 Å². The monoisotopic (exact) mass is 365 g/mol. The van der Waals surface area contributed by atoms with E-state index >= 15 is 0 Å². The van der Waals surface area contributed by atoms with E-state index in [2.05, 4.69) is 15.9 Å². The average Bonchev–Trinajstić information content (AvgIpc) is 2.46. The van der Waals surface area contributed by atoms with E-state index < -0.39 is 17.2 Å². The molecule has 2 nitrogen and oxygen atoms in total. The number of nitrogens with two attached hydrogens (primary N) is 1. The summed E-state index contributed by atoms with van der Waals surface area (Å²) < 4.78 is 45.3. The van der Waals surface area contributed by atoms with Crippen molar-refractivity contribution >= 4 is 15.9 Å². The van der Waals surface area contributed by atoms with E-state index in [0.717, 1.165) is 38.2 Å². The third kappa shape index (κ3) is 3.21. The van der Waals surface area contributed by atoms with Gasteiger partial charge in [0, 0.05) is 22.0 Å². The van der Waals surface area contributed by atoms with E-state index in [-0.39, 0.29) is 5.75 Å². The van der Waals surface area contributed by atoms with Crippen LogP contribution < -0.4 is 10.5 Å². The van der Waals surface area contributed by atoms with Crippen LogP contribution >= 0.6 is 15.9 Å². The van der Waals surface area contributed by atoms with Crippen LogP contribution in [0.25, 0.3) is 0 Å². The molecule has 118 valence electrons. The molecule has 0 aliphatic heterocycles. The fourth-order valence-corrected chi connectivity index (χ4v) is 3.69. The summed E-state index contributed by atoms with van der Waals surface area (Å²) in [5, 5.41) is 0. The molecular weight excluding hydrogens is 347 g/mol. The lowest BCUT2D eigenvalue weighted by Crippen LogP contribution is -2.37. The molecule has 0 saturated heterocycles. The average molecular weight is 366 g/mol. The van der Waals surface area contributed by atoms with Gasteiger partial charge in [0.1, 0.15) is 5.75 Å². The highest BCUT2D eigenvalue weighted by molar-refractivity contribution is 9.10. The van der Waals surface area contributed by atoms with Gasteiger partial charge in [-0.15, -0.1) is 0 Å². The smallest absolute Gasteiger partial charge is 0.420 e. The highest BCUT2D eigenvalue weighted by Crippen LogP contribution is 2.48. The minimum Gasteiger partial charge on any atom is -0.496 e. The lowest BCUT2D eigenvalue weighted by Gasteiger charge is -2.38. The van der Waals surface area contributed by atoms with E-state index in [1.807, 2.05) is 0 Å². The Bertz CT molecular complexity index is 510. The Morgan fingerprint density at radius 3 is 2.33 bits per heavy atom. The molecule has 0 unspecified atom stereocenters. The fraction of sp³-hybridized carbons (Fsp3) is 0.600. The molecule has 0 heterocycles. The minimum absolute atomic E-state index is 0.0851. The van der Waals surface area contributed by atoms with Crippen molar-refractivity contribution in [3.05, 3.63) is 27.7 Å². The predicted molar refractivity (Wildman–Crippen MR) is 79.5 cm³/mol. The second-order valence-electron chi connectivity index (χ2n) is 5.58. The first-order valence-electron chi connectivity index (χ1n) is 6.99. The molecule has 0 aromatic heterocycles. The maximum atomic E-state index is 13.3. The van der Waals surface area contributed by atoms with Gasteiger partial charge < -0.3 is 10.5 Å². The molecule has 1 fully saturated rings. The molecule has 1 aromatic carbocycles. The van der Waals surface area contributed by atoms with Gasteiger partial charge in [-0.3, -0.25) is 0 Å². The highest BCUT2D eigenvalue weighted by Gasteiger charge is 2.41. The van der Waals surface area contributed by atoms with Gasteiger partial charge in [-0.1, -0.05) is 35.2 Å². The molecule has 0 spiro atoms. The molecular formula is C15H19BrF3NO. The van der Waals surface area contributed by atoms with Crippen LogP contribution in [0, 0.1) is 0 Å². The van der Waals surface area contributed by atoms with Gasteiger partial charge in [0.25, 0.3) is 0 Å². The first-order valence-corrected chi connectivity index (χ1v) is 7.78. The second kappa shape index (κ2) is 6.16. The van der Waals surface area contributed by atoms with E-state index in [4.69, 9.17) is 10.5 Å². The lowest BCUT2D eigenvalue weighted by molar-refractivity contribution is -0.138. The molecule has 0 radical (unpaired) electrons. The first-order chi connectivity index (χ1) is 9.84. The summed E-state index contributed by atoms with van der Waals surface area (Å²) in [5.74, 6) is -0.0851. The summed E-state index contributed by atoms with van der Waals surface area (Å²) in [6.45, 7) is 0.330. The molecule has 1 aliphatic rings. The summed E-state index contributed by atoms with van der Waals surface area (Å²) in [6.07, 6.45) is 0.210. The molecule has 1 saturated carbocycles. The Labute approximate surface area is 131 Å². The van der Waals surface area contributed by atoms with Crippen molar-refractivity contribution in [2.45, 2.75) is 43.7 Å². The largest absolute Gasteiger partial charge is 0.496 e. The summed E-state index contributed by atoms with van der Waals surface area (Å²) in [5.41, 5.74) is 5.36. The van der Waals surface area contributed by atoms with Gasteiger partial charge in [-0.05, 0) is 25.0 Å². The zero-order chi connectivity index (χ0) is 15.7. The van der Waals surface area contributed by atoms with Gasteiger partial charge in [-0.25, -0.2) is 0 Å². The van der Waals surface area contributed by atoms with E-state index in [9.17, 15) is 13.2 Å². The third-order valence-electron chi connectivity index (χ3n) is 4.34. The maximum absolute atomic E-state index is 13.3. The Hall–Kier alpha value is -0.750. The van der Waals surface area contributed by atoms with Crippen LogP contribution in [0.15, 0.2) is 16.6 Å². The maximum Gasteiger partial charge on any atom is 0.420 e. The number of hydrogen-bond donors (Lipinski definition) is 1. The van der Waals surface area contributed by atoms with Crippen molar-refractivity contribution in [3.63, 3.8) is 0 Å². The van der Waals surface area contributed by atoms with Crippen LogP contribution in [-0.4, -0.2) is 13.7 Å². The SMILES string of the molecule is COc1c(C(F)(F)F)cc(Br)cc1C1(CN)CCCCC1. The Kier molecular flexibility index (Phi) is 4.88. The topological polar surface area (TPSA) is 35.2 Å². The zero-order valence-corrected chi connectivity index (χ0v) is 13.5. The van der Waals surface area contributed by atoms with Crippen LogP contribution in [-0.2, 0) is 11.6 Å². The van der Waals surface area contributed by atoms with Crippen LogP contribution in [0.5, 0.6) is 5.75 Å². The Balaban J connectivity index is 2.64. The molecule has 1 aromatic rings. The summed E-state index contributed by atoms with van der Waals surface area (Å²) in [7, 11) is 1.29. The molecule has 0 amide bonds. The van der Waals surface area contributed by atoms with Gasteiger partial charge >= 0.3 is 6.18 Å². The van der Waals surface area contributed by atoms with E-state index in [0.29, 0.717) is 16.6 Å². The number of benzene rings is 1. The van der Waals surface area contributed by atoms with Crippen LogP contribution in [0.4, 0.5) is 13.2 Å². The Morgan fingerprint density at radius 2 is 1.86 bits per heavy atom. The minimum atomic E-state index is -4.45. The number of methoxy groups -OCH3 is 1. The number of ether oxygens (including phenoxy) is 1. The number of halogens is 4. The van der Waals surface area contributed by atoms with Crippen molar-refractivity contribution in [3.8, 4) is 5.75 Å². The summed E-state index contributed by atoms with van der Waals surface area (Å²) in [4.78, 5) is 0. The summed E-state index contributed by atoms with van der Waals surface area (Å²) in [6, 6.07) is 2.79. The highest BCUT2D eigenvalue weighted by atomic mass is 79.9. The molecule has 0 bridgehead atoms. The predicted octanol–water partition coefficient (Wildman–Crippen LogP) is 4.64. The fourth-order valence-electron chi connectivity index (χ4n) is 3.23. The Morgan fingerprint density at radius 1 is 1.24 bits per heavy atom. The number of hydrogen-bond acceptors (Lipinski definition) is 2. The van der Waals surface area contributed by atoms with Crippen molar-refractivity contribution in [1.82, 2.24) is 0 Å². The number of rotatable bonds is 3. The van der Waals surface area contributed by atoms with E-state index in [1.165, 1.54) is 7.11 Å². The summed E-state index contributed by atoms with van der Waals surface area (Å²) >= 11 is 3.19. The van der Waals surface area contributed by atoms with Gasteiger partial charge in [0.15, 0.2) is 0 Å². The van der Waals surface area contributed by atoms with Crippen molar-refractivity contribution < 1.29 is 17.9 Å². The second-order valence-corrected chi connectivity index (χ2v) is 6.49. The van der Waals surface area contributed by atoms with Crippen LogP contribution in [0.1, 0.15) is 43.2 Å². The molecule has 21 heavy (non-hydrogen) atoms. The third-order valence-corrected chi connectivity index (χ3v) is 4.79. The van der Waals surface area contributed by atoms with Crippen molar-refractivity contribution in [1.29, 1.82) is 0 Å². The molecule has 2 N–H and O–H groups in total. The molecule has 1 aliphatic carbocycles. The molecule has 2 rings (SSSR count). The van der Waals surface area contributed by atoms with Crippen LogP contribution in [0.3, 0.4) is 0 Å². The first kappa shape index (κ1) is 16.6. The quantitative estimate of drug-likeness (QED) is 0.846. The zero-order valence-electron chi connectivity index (χ0n) is 11.9. The number of alkyl halides is 3. The van der Waals surface area contributed by atoms with Crippen molar-refractivity contribution in [2.75, 3.05) is 13.7 Å². The van der Waals surface area contributed by atoms with Crippen LogP contribution in [0.2, 0.25) is 0 Å². The molecule has 6 heteroatoms. The standard InChI is InChI=1S/C15H19BrF3NO/c1-21-13-11(14(9-20)5-3-2-4-6-14)7-10(16)8-12(13)15(17,18)19/h7-8H,2-6,9,20H2,1H3. The lowest BCUT2D eigenvalue weighted by atomic mass is 9.69. The normalized spacial score (nSPS) is 18.6. The molecule has 0 atom stereocenters. The van der Waals surface area contributed by atoms with Gasteiger partial charge in [0.2, 0.25) is 0 Å². The van der Waals surface area contributed by atoms with Gasteiger partial charge in [-0.2, -0.15) is 13.2 Å².